The first-order valence-electron chi connectivity index (χ1n) is 6.95. The summed E-state index contributed by atoms with van der Waals surface area (Å²) in [5.41, 5.74) is 0.890. The van der Waals surface area contributed by atoms with Gasteiger partial charge in [0.1, 0.15) is 0 Å². The molecular formula is C14H20N2O4S. The van der Waals surface area contributed by atoms with Crippen LogP contribution < -0.4 is 4.72 Å². The zero-order valence-electron chi connectivity index (χ0n) is 11.9. The minimum Gasteiger partial charge on any atom is -0.481 e. The van der Waals surface area contributed by atoms with Gasteiger partial charge in [-0.3, -0.25) is 4.79 Å². The van der Waals surface area contributed by atoms with Crippen LogP contribution in [0.15, 0.2) is 30.3 Å². The van der Waals surface area contributed by atoms with Gasteiger partial charge in [-0.2, -0.15) is 17.4 Å². The molecule has 1 aromatic rings. The molecule has 1 saturated heterocycles. The minimum absolute atomic E-state index is 0.244. The first kappa shape index (κ1) is 15.9. The van der Waals surface area contributed by atoms with Gasteiger partial charge in [0.05, 0.1) is 5.92 Å². The highest BCUT2D eigenvalue weighted by Crippen LogP contribution is 2.21. The molecule has 7 heteroatoms. The van der Waals surface area contributed by atoms with Crippen LogP contribution in [0.2, 0.25) is 0 Å². The van der Waals surface area contributed by atoms with Crippen molar-refractivity contribution in [3.05, 3.63) is 35.9 Å². The van der Waals surface area contributed by atoms with E-state index in [2.05, 4.69) is 4.72 Å². The van der Waals surface area contributed by atoms with Gasteiger partial charge in [0.2, 0.25) is 0 Å². The third kappa shape index (κ3) is 4.03. The number of carbonyl (C=O) groups is 1. The first-order chi connectivity index (χ1) is 9.90. The Hall–Kier alpha value is -1.44. The Morgan fingerprint density at radius 3 is 2.38 bits per heavy atom. The number of piperidine rings is 1. The number of rotatable bonds is 5. The summed E-state index contributed by atoms with van der Waals surface area (Å²) in [4.78, 5) is 10.9. The second-order valence-electron chi connectivity index (χ2n) is 5.27. The van der Waals surface area contributed by atoms with Gasteiger partial charge in [-0.05, 0) is 25.3 Å². The molecule has 2 N–H and O–H groups in total. The Morgan fingerprint density at radius 2 is 1.86 bits per heavy atom. The molecule has 0 amide bonds. The van der Waals surface area contributed by atoms with Crippen LogP contribution in [0.4, 0.5) is 0 Å². The zero-order valence-corrected chi connectivity index (χ0v) is 12.7. The molecule has 116 valence electrons. The molecule has 1 aromatic carbocycles. The van der Waals surface area contributed by atoms with E-state index in [9.17, 15) is 13.2 Å². The number of benzene rings is 1. The van der Waals surface area contributed by atoms with Crippen LogP contribution in [-0.2, 0) is 15.0 Å². The second kappa shape index (κ2) is 6.55. The maximum Gasteiger partial charge on any atom is 0.306 e. The number of carboxylic acids is 1. The molecule has 0 saturated carbocycles. The van der Waals surface area contributed by atoms with Gasteiger partial charge in [-0.1, -0.05) is 30.3 Å². The average molecular weight is 312 g/mol. The highest BCUT2D eigenvalue weighted by Gasteiger charge is 2.31. The van der Waals surface area contributed by atoms with Crippen molar-refractivity contribution in [2.45, 2.75) is 25.8 Å². The quantitative estimate of drug-likeness (QED) is 0.860. The van der Waals surface area contributed by atoms with E-state index in [0.717, 1.165) is 5.56 Å². The van der Waals surface area contributed by atoms with Crippen molar-refractivity contribution in [1.82, 2.24) is 9.03 Å². The maximum atomic E-state index is 12.3. The molecule has 0 aliphatic carbocycles. The molecule has 0 bridgehead atoms. The first-order valence-corrected chi connectivity index (χ1v) is 8.39. The summed E-state index contributed by atoms with van der Waals surface area (Å²) < 4.78 is 28.6. The van der Waals surface area contributed by atoms with Crippen molar-refractivity contribution in [3.8, 4) is 0 Å². The Bertz CT molecular complexity index is 580. The lowest BCUT2D eigenvalue weighted by molar-refractivity contribution is -0.142. The third-order valence-electron chi connectivity index (χ3n) is 3.77. The van der Waals surface area contributed by atoms with Gasteiger partial charge in [0, 0.05) is 19.1 Å². The number of hydrogen-bond acceptors (Lipinski definition) is 3. The van der Waals surface area contributed by atoms with Crippen molar-refractivity contribution in [3.63, 3.8) is 0 Å². The number of hydrogen-bond donors (Lipinski definition) is 2. The van der Waals surface area contributed by atoms with Gasteiger partial charge in [-0.15, -0.1) is 0 Å². The lowest BCUT2D eigenvalue weighted by Crippen LogP contribution is -2.46. The number of aliphatic carboxylic acids is 1. The summed E-state index contributed by atoms with van der Waals surface area (Å²) in [6.07, 6.45) is 0.714. The molecule has 2 rings (SSSR count). The predicted molar refractivity (Wildman–Crippen MR) is 78.8 cm³/mol. The van der Waals surface area contributed by atoms with Crippen LogP contribution in [0.3, 0.4) is 0 Å². The van der Waals surface area contributed by atoms with Crippen molar-refractivity contribution in [1.29, 1.82) is 0 Å². The van der Waals surface area contributed by atoms with Crippen molar-refractivity contribution in [2.24, 2.45) is 5.92 Å². The van der Waals surface area contributed by atoms with Crippen LogP contribution in [-0.4, -0.2) is 36.9 Å². The van der Waals surface area contributed by atoms with Gasteiger partial charge < -0.3 is 5.11 Å². The normalized spacial score (nSPS) is 19.3. The van der Waals surface area contributed by atoms with Gasteiger partial charge in [0.25, 0.3) is 10.2 Å². The summed E-state index contributed by atoms with van der Waals surface area (Å²) in [5, 5.41) is 8.94. The van der Waals surface area contributed by atoms with E-state index in [0.29, 0.717) is 12.8 Å². The fraction of sp³-hybridized carbons (Fsp3) is 0.500. The summed E-state index contributed by atoms with van der Waals surface area (Å²) in [6, 6.07) is 9.00. The Kier molecular flexibility index (Phi) is 4.97. The Morgan fingerprint density at radius 1 is 1.29 bits per heavy atom. The Balaban J connectivity index is 1.98. The molecule has 0 unspecified atom stereocenters. The second-order valence-corrected chi connectivity index (χ2v) is 6.97. The SMILES string of the molecule is C[C@@H](NS(=O)(=O)N1CCC(C(=O)O)CC1)c1ccccc1. The maximum absolute atomic E-state index is 12.3. The van der Waals surface area contributed by atoms with E-state index in [-0.39, 0.29) is 19.1 Å². The lowest BCUT2D eigenvalue weighted by atomic mass is 9.99. The molecule has 21 heavy (non-hydrogen) atoms. The number of nitrogens with zero attached hydrogens (tertiary/aromatic N) is 1. The molecule has 0 radical (unpaired) electrons. The molecule has 0 spiro atoms. The fourth-order valence-corrected chi connectivity index (χ4v) is 3.87. The van der Waals surface area contributed by atoms with Crippen molar-refractivity contribution >= 4 is 16.2 Å². The van der Waals surface area contributed by atoms with E-state index in [1.165, 1.54) is 4.31 Å². The Labute approximate surface area is 125 Å². The lowest BCUT2D eigenvalue weighted by Gasteiger charge is -2.30. The molecule has 1 fully saturated rings. The van der Waals surface area contributed by atoms with Crippen LogP contribution in [0.25, 0.3) is 0 Å². The van der Waals surface area contributed by atoms with E-state index in [4.69, 9.17) is 5.11 Å². The number of carboxylic acid groups (broad SMARTS) is 1. The average Bonchev–Trinajstić information content (AvgIpc) is 2.48. The molecule has 6 nitrogen and oxygen atoms in total. The standard InChI is InChI=1S/C14H20N2O4S/c1-11(12-5-3-2-4-6-12)15-21(19,20)16-9-7-13(8-10-16)14(17)18/h2-6,11,13,15H,7-10H2,1H3,(H,17,18)/t11-/m1/s1. The molecule has 1 aliphatic rings. The largest absolute Gasteiger partial charge is 0.481 e. The van der Waals surface area contributed by atoms with E-state index in [1.54, 1.807) is 6.92 Å². The van der Waals surface area contributed by atoms with Crippen LogP contribution in [0.1, 0.15) is 31.4 Å². The topological polar surface area (TPSA) is 86.7 Å². The zero-order chi connectivity index (χ0) is 15.5. The van der Waals surface area contributed by atoms with E-state index in [1.807, 2.05) is 30.3 Å². The summed E-state index contributed by atoms with van der Waals surface area (Å²) in [6.45, 7) is 2.28. The third-order valence-corrected chi connectivity index (χ3v) is 5.46. The minimum atomic E-state index is -3.59. The summed E-state index contributed by atoms with van der Waals surface area (Å²) in [7, 11) is -3.59. The molecule has 0 aromatic heterocycles. The van der Waals surface area contributed by atoms with E-state index >= 15 is 0 Å². The van der Waals surface area contributed by atoms with Crippen LogP contribution in [0.5, 0.6) is 0 Å². The predicted octanol–water partition coefficient (Wildman–Crippen LogP) is 1.38. The van der Waals surface area contributed by atoms with E-state index < -0.39 is 22.1 Å². The monoisotopic (exact) mass is 312 g/mol. The molecule has 1 heterocycles. The van der Waals surface area contributed by atoms with Crippen LogP contribution in [0, 0.1) is 5.92 Å². The highest BCUT2D eigenvalue weighted by atomic mass is 32.2. The smallest absolute Gasteiger partial charge is 0.306 e. The van der Waals surface area contributed by atoms with Gasteiger partial charge in [-0.25, -0.2) is 0 Å². The highest BCUT2D eigenvalue weighted by molar-refractivity contribution is 7.87. The number of nitrogens with one attached hydrogen (secondary N) is 1. The van der Waals surface area contributed by atoms with Crippen molar-refractivity contribution in [2.75, 3.05) is 13.1 Å². The molecule has 1 aliphatic heterocycles. The summed E-state index contributed by atoms with van der Waals surface area (Å²) >= 11 is 0. The molecule has 1 atom stereocenters. The van der Waals surface area contributed by atoms with Crippen LogP contribution >= 0.6 is 0 Å². The fourth-order valence-electron chi connectivity index (χ4n) is 2.45. The summed E-state index contributed by atoms with van der Waals surface area (Å²) in [5.74, 6) is -1.29. The van der Waals surface area contributed by atoms with Gasteiger partial charge in [0.15, 0.2) is 0 Å². The van der Waals surface area contributed by atoms with Gasteiger partial charge >= 0.3 is 5.97 Å². The molecular weight excluding hydrogens is 292 g/mol. The van der Waals surface area contributed by atoms with Crippen molar-refractivity contribution < 1.29 is 18.3 Å².